The Hall–Kier alpha value is -3.42. The smallest absolute Gasteiger partial charge is 0.338 e. The number of ether oxygens (including phenoxy) is 1. The van der Waals surface area contributed by atoms with Gasteiger partial charge in [-0.05, 0) is 48.7 Å². The zero-order valence-electron chi connectivity index (χ0n) is 14.4. The molecule has 1 saturated heterocycles. The highest BCUT2D eigenvalue weighted by Crippen LogP contribution is 2.37. The van der Waals surface area contributed by atoms with Crippen molar-refractivity contribution < 1.29 is 19.2 Å². The van der Waals surface area contributed by atoms with E-state index in [1.165, 1.54) is 12.1 Å². The number of amides is 1. The molecule has 8 nitrogen and oxygen atoms in total. The van der Waals surface area contributed by atoms with Crippen LogP contribution >= 0.6 is 0 Å². The summed E-state index contributed by atoms with van der Waals surface area (Å²) >= 11 is 0. The van der Waals surface area contributed by atoms with Gasteiger partial charge in [0.1, 0.15) is 12.6 Å². The lowest BCUT2D eigenvalue weighted by molar-refractivity contribution is -0.384. The lowest BCUT2D eigenvalue weighted by Crippen LogP contribution is -2.43. The SMILES string of the molecule is O=C(OCc1ccc([N+](=O)[O-])cc1)c1ccc2c(c1)NC(=O)[C@@H]1CCCN21. The zero-order chi connectivity index (χ0) is 19.0. The van der Waals surface area contributed by atoms with Gasteiger partial charge in [-0.1, -0.05) is 0 Å². The molecule has 138 valence electrons. The average Bonchev–Trinajstić information content (AvgIpc) is 3.17. The van der Waals surface area contributed by atoms with Crippen LogP contribution in [-0.4, -0.2) is 29.4 Å². The largest absolute Gasteiger partial charge is 0.457 e. The van der Waals surface area contributed by atoms with Crippen molar-refractivity contribution in [1.29, 1.82) is 0 Å². The number of nitrogens with zero attached hydrogens (tertiary/aromatic N) is 2. The summed E-state index contributed by atoms with van der Waals surface area (Å²) in [5.74, 6) is -0.564. The van der Waals surface area contributed by atoms with Crippen molar-refractivity contribution in [2.24, 2.45) is 0 Å². The number of hydrogen-bond acceptors (Lipinski definition) is 6. The molecule has 2 aromatic rings. The third kappa shape index (κ3) is 3.21. The number of benzene rings is 2. The first-order chi connectivity index (χ1) is 13.0. The van der Waals surface area contributed by atoms with Crippen LogP contribution < -0.4 is 10.2 Å². The van der Waals surface area contributed by atoms with E-state index < -0.39 is 10.9 Å². The van der Waals surface area contributed by atoms with E-state index in [0.29, 0.717) is 16.8 Å². The number of nitro benzene ring substituents is 1. The van der Waals surface area contributed by atoms with Gasteiger partial charge >= 0.3 is 5.97 Å². The van der Waals surface area contributed by atoms with Crippen molar-refractivity contribution in [1.82, 2.24) is 0 Å². The number of esters is 1. The van der Waals surface area contributed by atoms with Gasteiger partial charge < -0.3 is 15.0 Å². The zero-order valence-corrected chi connectivity index (χ0v) is 14.4. The fourth-order valence-corrected chi connectivity index (χ4v) is 3.50. The van der Waals surface area contributed by atoms with Crippen LogP contribution in [0.3, 0.4) is 0 Å². The van der Waals surface area contributed by atoms with Crippen molar-refractivity contribution in [2.75, 3.05) is 16.8 Å². The normalized spacial score (nSPS) is 17.7. The monoisotopic (exact) mass is 367 g/mol. The fourth-order valence-electron chi connectivity index (χ4n) is 3.50. The number of anilines is 2. The maximum Gasteiger partial charge on any atom is 0.338 e. The molecule has 0 bridgehead atoms. The third-order valence-corrected chi connectivity index (χ3v) is 4.87. The summed E-state index contributed by atoms with van der Waals surface area (Å²) in [7, 11) is 0. The molecule has 8 heteroatoms. The second-order valence-corrected chi connectivity index (χ2v) is 6.57. The Kier molecular flexibility index (Phi) is 4.23. The van der Waals surface area contributed by atoms with Crippen LogP contribution in [0.15, 0.2) is 42.5 Å². The van der Waals surface area contributed by atoms with Gasteiger partial charge in [-0.3, -0.25) is 14.9 Å². The van der Waals surface area contributed by atoms with Crippen LogP contribution in [0.4, 0.5) is 17.1 Å². The lowest BCUT2D eigenvalue weighted by atomic mass is 10.1. The van der Waals surface area contributed by atoms with E-state index in [4.69, 9.17) is 4.74 Å². The van der Waals surface area contributed by atoms with Gasteiger partial charge in [-0.2, -0.15) is 0 Å². The number of carbonyl (C=O) groups excluding carboxylic acids is 2. The Labute approximate surface area is 154 Å². The number of nitro groups is 1. The van der Waals surface area contributed by atoms with Gasteiger partial charge in [-0.15, -0.1) is 0 Å². The molecule has 0 spiro atoms. The molecule has 0 unspecified atom stereocenters. The summed E-state index contributed by atoms with van der Waals surface area (Å²) in [5, 5.41) is 13.5. The Balaban J connectivity index is 1.46. The molecule has 27 heavy (non-hydrogen) atoms. The molecular formula is C19H17N3O5. The average molecular weight is 367 g/mol. The molecule has 1 fully saturated rings. The number of nitrogens with one attached hydrogen (secondary N) is 1. The minimum atomic E-state index is -0.519. The third-order valence-electron chi connectivity index (χ3n) is 4.87. The summed E-state index contributed by atoms with van der Waals surface area (Å²) in [5.41, 5.74) is 2.51. The number of non-ortho nitro benzene ring substituents is 1. The molecule has 2 aliphatic rings. The quantitative estimate of drug-likeness (QED) is 0.506. The molecule has 2 aromatic carbocycles. The molecule has 0 aliphatic carbocycles. The first-order valence-electron chi connectivity index (χ1n) is 8.65. The van der Waals surface area contributed by atoms with Crippen LogP contribution in [-0.2, 0) is 16.1 Å². The van der Waals surface area contributed by atoms with Gasteiger partial charge in [-0.25, -0.2) is 4.79 Å². The Morgan fingerprint density at radius 1 is 1.26 bits per heavy atom. The van der Waals surface area contributed by atoms with E-state index in [2.05, 4.69) is 10.2 Å². The lowest BCUT2D eigenvalue weighted by Gasteiger charge is -2.33. The van der Waals surface area contributed by atoms with Gasteiger partial charge in [0.15, 0.2) is 0 Å². The van der Waals surface area contributed by atoms with E-state index in [9.17, 15) is 19.7 Å². The highest BCUT2D eigenvalue weighted by molar-refractivity contribution is 6.05. The number of carbonyl (C=O) groups is 2. The molecule has 2 heterocycles. The van der Waals surface area contributed by atoms with Crippen LogP contribution in [0.25, 0.3) is 0 Å². The predicted molar refractivity (Wildman–Crippen MR) is 97.7 cm³/mol. The number of fused-ring (bicyclic) bond motifs is 3. The predicted octanol–water partition coefficient (Wildman–Crippen LogP) is 2.87. The van der Waals surface area contributed by atoms with E-state index >= 15 is 0 Å². The van der Waals surface area contributed by atoms with Crippen LogP contribution in [0, 0.1) is 10.1 Å². The van der Waals surface area contributed by atoms with Crippen molar-refractivity contribution in [3.05, 3.63) is 63.7 Å². The molecule has 1 amide bonds. The molecule has 4 rings (SSSR count). The Bertz CT molecular complexity index is 925. The second kappa shape index (κ2) is 6.71. The van der Waals surface area contributed by atoms with Crippen molar-refractivity contribution >= 4 is 28.9 Å². The van der Waals surface area contributed by atoms with Crippen LogP contribution in [0.1, 0.15) is 28.8 Å². The standard InChI is InChI=1S/C19H17N3O5/c23-18-17-2-1-9-21(17)16-8-5-13(10-15(16)20-18)19(24)27-11-12-3-6-14(7-4-12)22(25)26/h3-8,10,17H,1-2,9,11H2,(H,20,23)/t17-/m0/s1. The van der Waals surface area contributed by atoms with Gasteiger partial charge in [0.05, 0.1) is 21.9 Å². The number of rotatable bonds is 4. The van der Waals surface area contributed by atoms with E-state index in [1.54, 1.807) is 24.3 Å². The summed E-state index contributed by atoms with van der Waals surface area (Å²) in [6.07, 6.45) is 1.81. The molecule has 2 aliphatic heterocycles. The molecule has 1 atom stereocenters. The molecule has 1 N–H and O–H groups in total. The molecule has 0 saturated carbocycles. The Morgan fingerprint density at radius 2 is 2.04 bits per heavy atom. The molecular weight excluding hydrogens is 350 g/mol. The minimum Gasteiger partial charge on any atom is -0.457 e. The van der Waals surface area contributed by atoms with Crippen molar-refractivity contribution in [3.63, 3.8) is 0 Å². The summed E-state index contributed by atoms with van der Waals surface area (Å²) in [4.78, 5) is 36.8. The van der Waals surface area contributed by atoms with E-state index in [-0.39, 0.29) is 24.2 Å². The molecule has 0 radical (unpaired) electrons. The maximum absolute atomic E-state index is 12.3. The van der Waals surface area contributed by atoms with Gasteiger partial charge in [0.2, 0.25) is 5.91 Å². The van der Waals surface area contributed by atoms with Crippen LogP contribution in [0.5, 0.6) is 0 Å². The first-order valence-corrected chi connectivity index (χ1v) is 8.65. The second-order valence-electron chi connectivity index (χ2n) is 6.57. The Morgan fingerprint density at radius 3 is 2.78 bits per heavy atom. The number of hydrogen-bond donors (Lipinski definition) is 1. The van der Waals surface area contributed by atoms with Crippen LogP contribution in [0.2, 0.25) is 0 Å². The summed E-state index contributed by atoms with van der Waals surface area (Å²) in [6.45, 7) is 0.837. The van der Waals surface area contributed by atoms with Gasteiger partial charge in [0, 0.05) is 18.7 Å². The van der Waals surface area contributed by atoms with E-state index in [0.717, 1.165) is 25.1 Å². The highest BCUT2D eigenvalue weighted by atomic mass is 16.6. The fraction of sp³-hybridized carbons (Fsp3) is 0.263. The van der Waals surface area contributed by atoms with Gasteiger partial charge in [0.25, 0.3) is 5.69 Å². The van der Waals surface area contributed by atoms with Crippen molar-refractivity contribution in [2.45, 2.75) is 25.5 Å². The van der Waals surface area contributed by atoms with Crippen molar-refractivity contribution in [3.8, 4) is 0 Å². The summed E-state index contributed by atoms with van der Waals surface area (Å²) in [6, 6.07) is 10.8. The minimum absolute atomic E-state index is 0.00840. The highest BCUT2D eigenvalue weighted by Gasteiger charge is 2.36. The van der Waals surface area contributed by atoms with E-state index in [1.807, 2.05) is 6.07 Å². The topological polar surface area (TPSA) is 102 Å². The summed E-state index contributed by atoms with van der Waals surface area (Å²) < 4.78 is 5.28. The molecule has 0 aromatic heterocycles. The maximum atomic E-state index is 12.3. The first kappa shape index (κ1) is 17.0.